The van der Waals surface area contributed by atoms with E-state index in [1.165, 1.54) is 0 Å². The summed E-state index contributed by atoms with van der Waals surface area (Å²) in [5.74, 6) is 0. The Balaban J connectivity index is -0.00000000800. The summed E-state index contributed by atoms with van der Waals surface area (Å²) in [7, 11) is -4.67. The van der Waals surface area contributed by atoms with E-state index in [1.807, 2.05) is 0 Å². The minimum atomic E-state index is -4.67. The van der Waals surface area contributed by atoms with E-state index < -0.39 is 10.4 Å². The molecule has 0 aliphatic rings. The van der Waals surface area contributed by atoms with Gasteiger partial charge in [-0.25, -0.2) is 0 Å². The zero-order valence-corrected chi connectivity index (χ0v) is 5.39. The van der Waals surface area contributed by atoms with Crippen molar-refractivity contribution in [2.75, 3.05) is 0 Å². The van der Waals surface area contributed by atoms with E-state index >= 15 is 0 Å². The Morgan fingerprint density at radius 3 is 0.900 bits per heavy atom. The van der Waals surface area contributed by atoms with Gasteiger partial charge in [-0.2, -0.15) is 8.42 Å². The Morgan fingerprint density at radius 2 is 0.900 bits per heavy atom. The van der Waals surface area contributed by atoms with Gasteiger partial charge in [-0.05, 0) is 0 Å². The smallest absolute Gasteiger partial charge is 0.316 e. The van der Waals surface area contributed by atoms with Gasteiger partial charge in [0, 0.05) is 0 Å². The molecule has 0 bridgehead atoms. The van der Waals surface area contributed by atoms with Crippen LogP contribution in [0.4, 0.5) is 0 Å². The number of hydrogen-bond acceptors (Lipinski definition) is 2. The first kappa shape index (κ1) is 37.8. The summed E-state index contributed by atoms with van der Waals surface area (Å²) in [6, 6.07) is 0. The van der Waals surface area contributed by atoms with Crippen LogP contribution in [0.15, 0.2) is 0 Å². The normalized spacial score (nSPS) is 5.80. The molecular weight excluding hydrogens is 256 g/mol. The molecule has 10 heteroatoms. The van der Waals surface area contributed by atoms with Crippen molar-refractivity contribution in [3.63, 3.8) is 0 Å². The Bertz CT molecular complexity index is 104. The Labute approximate surface area is 134 Å². The van der Waals surface area contributed by atoms with Crippen molar-refractivity contribution in [1.82, 2.24) is 0 Å². The molecule has 10 heavy (non-hydrogen) atoms. The third-order valence-corrected chi connectivity index (χ3v) is 0. The van der Waals surface area contributed by atoms with Gasteiger partial charge >= 0.3 is 94.2 Å². The van der Waals surface area contributed by atoms with E-state index in [4.69, 9.17) is 17.5 Å². The second-order valence-corrected chi connectivity index (χ2v) is 1.34. The van der Waals surface area contributed by atoms with Crippen molar-refractivity contribution in [1.29, 1.82) is 0 Å². The van der Waals surface area contributed by atoms with Gasteiger partial charge in [0.15, 0.2) is 0 Å². The molecule has 0 fully saturated rings. The molecule has 0 aromatic heterocycles. The van der Waals surface area contributed by atoms with E-state index in [1.54, 1.807) is 0 Å². The van der Waals surface area contributed by atoms with Crippen LogP contribution in [0, 0.1) is 0 Å². The fourth-order valence-corrected chi connectivity index (χ4v) is 0. The van der Waals surface area contributed by atoms with E-state index in [0.29, 0.717) is 0 Å². The molecule has 4 nitrogen and oxygen atoms in total. The summed E-state index contributed by atoms with van der Waals surface area (Å²) in [5.41, 5.74) is 0. The SMILES string of the molecule is Cl.Cl.O=S(=O)(O)O.[CaH2].[MgH2].[MgH2]. The van der Waals surface area contributed by atoms with Gasteiger partial charge in [-0.1, -0.05) is 0 Å². The number of rotatable bonds is 0. The molecule has 0 rings (SSSR count). The zero-order chi connectivity index (χ0) is 4.50. The zero-order valence-electron chi connectivity index (χ0n) is 2.94. The van der Waals surface area contributed by atoms with Crippen molar-refractivity contribution in [2.24, 2.45) is 0 Å². The minimum Gasteiger partial charge on any atom is 0.316 e. The van der Waals surface area contributed by atoms with E-state index in [0.717, 1.165) is 0 Å². The van der Waals surface area contributed by atoms with Crippen LogP contribution in [-0.4, -0.2) is 101 Å². The fourth-order valence-electron chi connectivity index (χ4n) is 0. The molecule has 0 aromatic rings. The third-order valence-electron chi connectivity index (χ3n) is 0. The molecule has 0 aliphatic heterocycles. The molecule has 0 saturated heterocycles. The van der Waals surface area contributed by atoms with Crippen LogP contribution in [0.3, 0.4) is 0 Å². The predicted octanol–water partition coefficient (Wildman–Crippen LogP) is -2.56. The maximum Gasteiger partial charge on any atom is 0.316 e. The molecule has 0 atom stereocenters. The Kier molecular flexibility index (Phi) is 68.5. The third kappa shape index (κ3) is 112. The van der Waals surface area contributed by atoms with E-state index in [-0.39, 0.29) is 109 Å². The van der Waals surface area contributed by atoms with Crippen LogP contribution < -0.4 is 0 Å². The first-order valence-electron chi connectivity index (χ1n) is 0.698. The average Bonchev–Trinajstić information content (AvgIpc) is 0.722. The topological polar surface area (TPSA) is 74.6 Å². The molecule has 0 radical (unpaired) electrons. The molecule has 0 amide bonds. The predicted molar refractivity (Wildman–Crippen MR) is 54.3 cm³/mol. The second-order valence-electron chi connectivity index (χ2n) is 0.448. The minimum absolute atomic E-state index is 0. The van der Waals surface area contributed by atoms with Gasteiger partial charge in [0.1, 0.15) is 0 Å². The van der Waals surface area contributed by atoms with Crippen molar-refractivity contribution < 1.29 is 17.5 Å². The molecule has 2 N–H and O–H groups in total. The van der Waals surface area contributed by atoms with E-state index in [2.05, 4.69) is 0 Å². The van der Waals surface area contributed by atoms with Gasteiger partial charge in [0.05, 0.1) is 0 Å². The van der Waals surface area contributed by atoms with Crippen LogP contribution in [0.5, 0.6) is 0 Å². The van der Waals surface area contributed by atoms with Gasteiger partial charge < -0.3 is 0 Å². The monoisotopic (exact) mass is 264 g/mol. The van der Waals surface area contributed by atoms with Gasteiger partial charge in [0.25, 0.3) is 0 Å². The van der Waals surface area contributed by atoms with Gasteiger partial charge in [-0.3, -0.25) is 9.11 Å². The first-order valence-corrected chi connectivity index (χ1v) is 2.10. The molecule has 0 saturated carbocycles. The summed E-state index contributed by atoms with van der Waals surface area (Å²) < 4.78 is 31.6. The number of hydrogen-bond donors (Lipinski definition) is 2. The Hall–Kier alpha value is 3.24. The summed E-state index contributed by atoms with van der Waals surface area (Å²) >= 11 is 0. The molecule has 0 heterocycles. The van der Waals surface area contributed by atoms with Crippen LogP contribution >= 0.6 is 24.8 Å². The molecule has 60 valence electrons. The molecule has 0 aliphatic carbocycles. The van der Waals surface area contributed by atoms with Crippen LogP contribution in [0.25, 0.3) is 0 Å². The first-order chi connectivity index (χ1) is 2.00. The average molecular weight is 266 g/mol. The summed E-state index contributed by atoms with van der Waals surface area (Å²) in [5, 5.41) is 0. The van der Waals surface area contributed by atoms with Gasteiger partial charge in [0.2, 0.25) is 0 Å². The standard InChI is InChI=1S/Ca.2ClH.2Mg.H2O4S.6H/c;;;;;1-5(2,3)4;;;;;;/h;2*1H;;;(H2,1,2,3,4);;;;;;. The van der Waals surface area contributed by atoms with Crippen molar-refractivity contribution in [2.45, 2.75) is 0 Å². The van der Waals surface area contributed by atoms with Crippen LogP contribution in [0.1, 0.15) is 0 Å². The maximum atomic E-state index is 8.74. The summed E-state index contributed by atoms with van der Waals surface area (Å²) in [6.45, 7) is 0. The molecular formula is H10CaCl2Mg2O4S. The largest absolute Gasteiger partial charge is 0.316 e. The van der Waals surface area contributed by atoms with Gasteiger partial charge in [-0.15, -0.1) is 24.8 Å². The fraction of sp³-hybridized carbons (Fsp3) is 0. The van der Waals surface area contributed by atoms with Crippen LogP contribution in [0.2, 0.25) is 0 Å². The number of halogens is 2. The van der Waals surface area contributed by atoms with Crippen molar-refractivity contribution >= 4 is 119 Å². The maximum absolute atomic E-state index is 8.74. The van der Waals surface area contributed by atoms with E-state index in [9.17, 15) is 0 Å². The second kappa shape index (κ2) is 18.1. The summed E-state index contributed by atoms with van der Waals surface area (Å²) in [4.78, 5) is 0. The van der Waals surface area contributed by atoms with Crippen molar-refractivity contribution in [3.05, 3.63) is 0 Å². The summed E-state index contributed by atoms with van der Waals surface area (Å²) in [6.07, 6.45) is 0. The molecule has 0 unspecified atom stereocenters. The van der Waals surface area contributed by atoms with Crippen molar-refractivity contribution in [3.8, 4) is 0 Å². The van der Waals surface area contributed by atoms with Crippen LogP contribution in [-0.2, 0) is 10.4 Å². The molecule has 0 spiro atoms. The molecule has 0 aromatic carbocycles. The quantitative estimate of drug-likeness (QED) is 0.373. The Morgan fingerprint density at radius 1 is 0.900 bits per heavy atom.